The van der Waals surface area contributed by atoms with Crippen LogP contribution >= 0.6 is 0 Å². The van der Waals surface area contributed by atoms with Crippen LogP contribution in [0.5, 0.6) is 0 Å². The Morgan fingerprint density at radius 3 is 2.08 bits per heavy atom. The smallest absolute Gasteiger partial charge is 0.0646 e. The molecule has 74 valence electrons. The molecule has 1 unspecified atom stereocenters. The minimum absolute atomic E-state index is 0.189. The van der Waals surface area contributed by atoms with E-state index in [2.05, 4.69) is 6.92 Å². The number of aliphatic hydroxyl groups is 2. The van der Waals surface area contributed by atoms with Crippen LogP contribution in [0.4, 0.5) is 0 Å². The first kappa shape index (κ1) is 11.9. The van der Waals surface area contributed by atoms with Crippen LogP contribution in [0.1, 0.15) is 52.4 Å². The zero-order valence-electron chi connectivity index (χ0n) is 8.34. The first-order chi connectivity index (χ1) is 5.68. The molecule has 0 rings (SSSR count). The average molecular weight is 174 g/mol. The van der Waals surface area contributed by atoms with E-state index in [9.17, 15) is 5.11 Å². The summed E-state index contributed by atoms with van der Waals surface area (Å²) in [4.78, 5) is 0. The number of hydrogen-bond donors (Lipinski definition) is 2. The third kappa shape index (κ3) is 4.73. The maximum atomic E-state index is 9.97. The van der Waals surface area contributed by atoms with E-state index in [1.807, 2.05) is 6.92 Å². The Morgan fingerprint density at radius 1 is 1.08 bits per heavy atom. The summed E-state index contributed by atoms with van der Waals surface area (Å²) in [5.74, 6) is 0. The zero-order chi connectivity index (χ0) is 9.45. The lowest BCUT2D eigenvalue weighted by atomic mass is 9.89. The van der Waals surface area contributed by atoms with Crippen LogP contribution in [0, 0.1) is 0 Å². The van der Waals surface area contributed by atoms with E-state index < -0.39 is 5.60 Å². The molecule has 0 fully saturated rings. The lowest BCUT2D eigenvalue weighted by Crippen LogP contribution is -2.27. The van der Waals surface area contributed by atoms with Crippen molar-refractivity contribution >= 4 is 0 Å². The number of hydrogen-bond acceptors (Lipinski definition) is 2. The van der Waals surface area contributed by atoms with Gasteiger partial charge in [0.25, 0.3) is 0 Å². The Bertz CT molecular complexity index is 94.0. The van der Waals surface area contributed by atoms with Crippen molar-refractivity contribution in [2.24, 2.45) is 0 Å². The molecular weight excluding hydrogens is 152 g/mol. The predicted molar refractivity (Wildman–Crippen MR) is 51.1 cm³/mol. The second-order valence-corrected chi connectivity index (χ2v) is 3.51. The van der Waals surface area contributed by atoms with Gasteiger partial charge in [0.15, 0.2) is 0 Å². The third-order valence-electron chi connectivity index (χ3n) is 2.45. The molecule has 0 aromatic carbocycles. The molecule has 0 heterocycles. The molecule has 0 spiro atoms. The van der Waals surface area contributed by atoms with Gasteiger partial charge in [0.05, 0.1) is 5.60 Å². The van der Waals surface area contributed by atoms with E-state index in [-0.39, 0.29) is 6.61 Å². The fourth-order valence-electron chi connectivity index (χ4n) is 1.39. The van der Waals surface area contributed by atoms with Gasteiger partial charge in [0.1, 0.15) is 0 Å². The molecule has 2 N–H and O–H groups in total. The minimum Gasteiger partial charge on any atom is -0.396 e. The van der Waals surface area contributed by atoms with E-state index in [0.717, 1.165) is 32.1 Å². The molecule has 0 amide bonds. The van der Waals surface area contributed by atoms with Gasteiger partial charge in [-0.3, -0.25) is 0 Å². The van der Waals surface area contributed by atoms with Crippen molar-refractivity contribution < 1.29 is 10.2 Å². The highest BCUT2D eigenvalue weighted by molar-refractivity contribution is 4.76. The van der Waals surface area contributed by atoms with Crippen molar-refractivity contribution in [2.75, 3.05) is 6.61 Å². The number of unbranched alkanes of at least 4 members (excludes halogenated alkanes) is 1. The van der Waals surface area contributed by atoms with Gasteiger partial charge in [-0.1, -0.05) is 26.7 Å². The largest absolute Gasteiger partial charge is 0.396 e. The Morgan fingerprint density at radius 2 is 1.67 bits per heavy atom. The summed E-state index contributed by atoms with van der Waals surface area (Å²) in [6.45, 7) is 4.32. The van der Waals surface area contributed by atoms with Gasteiger partial charge in [-0.15, -0.1) is 0 Å². The van der Waals surface area contributed by atoms with Gasteiger partial charge < -0.3 is 10.2 Å². The molecule has 0 bridgehead atoms. The van der Waals surface area contributed by atoms with E-state index >= 15 is 0 Å². The Labute approximate surface area is 75.6 Å². The normalized spacial score (nSPS) is 16.0. The molecule has 0 radical (unpaired) electrons. The molecule has 12 heavy (non-hydrogen) atoms. The van der Waals surface area contributed by atoms with Crippen molar-refractivity contribution in [3.05, 3.63) is 0 Å². The van der Waals surface area contributed by atoms with Gasteiger partial charge >= 0.3 is 0 Å². The van der Waals surface area contributed by atoms with Crippen LogP contribution in [-0.2, 0) is 0 Å². The van der Waals surface area contributed by atoms with E-state index in [4.69, 9.17) is 5.11 Å². The van der Waals surface area contributed by atoms with Crippen LogP contribution in [0.25, 0.3) is 0 Å². The fraction of sp³-hybridized carbons (Fsp3) is 1.00. The van der Waals surface area contributed by atoms with Gasteiger partial charge in [-0.05, 0) is 25.7 Å². The minimum atomic E-state index is -0.515. The van der Waals surface area contributed by atoms with Crippen LogP contribution < -0.4 is 0 Å². The maximum absolute atomic E-state index is 9.97. The van der Waals surface area contributed by atoms with Crippen molar-refractivity contribution in [3.8, 4) is 0 Å². The summed E-state index contributed by atoms with van der Waals surface area (Å²) < 4.78 is 0. The maximum Gasteiger partial charge on any atom is 0.0646 e. The van der Waals surface area contributed by atoms with Crippen LogP contribution in [0.2, 0.25) is 0 Å². The van der Waals surface area contributed by atoms with Crippen molar-refractivity contribution in [3.63, 3.8) is 0 Å². The second-order valence-electron chi connectivity index (χ2n) is 3.51. The van der Waals surface area contributed by atoms with Gasteiger partial charge in [0.2, 0.25) is 0 Å². The molecule has 1 atom stereocenters. The summed E-state index contributed by atoms with van der Waals surface area (Å²) in [5.41, 5.74) is -0.515. The van der Waals surface area contributed by atoms with Crippen LogP contribution in [0.15, 0.2) is 0 Å². The Kier molecular flexibility index (Phi) is 6.39. The first-order valence-corrected chi connectivity index (χ1v) is 5.01. The monoisotopic (exact) mass is 174 g/mol. The lowest BCUT2D eigenvalue weighted by Gasteiger charge is -2.26. The molecule has 2 nitrogen and oxygen atoms in total. The third-order valence-corrected chi connectivity index (χ3v) is 2.45. The summed E-state index contributed by atoms with van der Waals surface area (Å²) in [7, 11) is 0. The van der Waals surface area contributed by atoms with Gasteiger partial charge in [-0.25, -0.2) is 0 Å². The molecule has 0 aromatic rings. The molecule has 2 heteroatoms. The summed E-state index contributed by atoms with van der Waals surface area (Å²) >= 11 is 0. The number of aliphatic hydroxyl groups excluding tert-OH is 1. The Hall–Kier alpha value is -0.0800. The SMILES string of the molecule is CCCCC(O)(CC)CCCO. The number of rotatable bonds is 7. The zero-order valence-corrected chi connectivity index (χ0v) is 8.34. The highest BCUT2D eigenvalue weighted by Gasteiger charge is 2.22. The summed E-state index contributed by atoms with van der Waals surface area (Å²) in [6.07, 6.45) is 5.33. The van der Waals surface area contributed by atoms with E-state index in [1.165, 1.54) is 0 Å². The molecule has 0 aliphatic heterocycles. The topological polar surface area (TPSA) is 40.5 Å². The molecule has 0 aromatic heterocycles. The molecule has 0 aliphatic rings. The van der Waals surface area contributed by atoms with E-state index in [1.54, 1.807) is 0 Å². The van der Waals surface area contributed by atoms with Crippen molar-refractivity contribution in [1.82, 2.24) is 0 Å². The summed E-state index contributed by atoms with van der Waals surface area (Å²) in [5, 5.41) is 18.6. The molecule has 0 aliphatic carbocycles. The fourth-order valence-corrected chi connectivity index (χ4v) is 1.39. The molecule has 0 saturated carbocycles. The predicted octanol–water partition coefficient (Wildman–Crippen LogP) is 2.09. The van der Waals surface area contributed by atoms with Crippen molar-refractivity contribution in [1.29, 1.82) is 0 Å². The molecule has 0 saturated heterocycles. The molecular formula is C10H22O2. The highest BCUT2D eigenvalue weighted by atomic mass is 16.3. The second kappa shape index (κ2) is 6.44. The highest BCUT2D eigenvalue weighted by Crippen LogP contribution is 2.23. The quantitative estimate of drug-likeness (QED) is 0.620. The Balaban J connectivity index is 3.70. The standard InChI is InChI=1S/C10H22O2/c1-3-5-7-10(12,4-2)8-6-9-11/h11-12H,3-9H2,1-2H3. The lowest BCUT2D eigenvalue weighted by molar-refractivity contribution is 0.0111. The van der Waals surface area contributed by atoms with Crippen LogP contribution in [0.3, 0.4) is 0 Å². The van der Waals surface area contributed by atoms with Gasteiger partial charge in [0, 0.05) is 6.61 Å². The van der Waals surface area contributed by atoms with Crippen molar-refractivity contribution in [2.45, 2.75) is 58.0 Å². The first-order valence-electron chi connectivity index (χ1n) is 5.01. The van der Waals surface area contributed by atoms with Crippen LogP contribution in [-0.4, -0.2) is 22.4 Å². The average Bonchev–Trinajstić information content (AvgIpc) is 2.11. The van der Waals surface area contributed by atoms with E-state index in [0.29, 0.717) is 6.42 Å². The summed E-state index contributed by atoms with van der Waals surface area (Å²) in [6, 6.07) is 0. The van der Waals surface area contributed by atoms with Gasteiger partial charge in [-0.2, -0.15) is 0 Å².